The van der Waals surface area contributed by atoms with Crippen LogP contribution >= 0.6 is 0 Å². The number of carbonyl (C=O) groups excluding carboxylic acids is 2. The van der Waals surface area contributed by atoms with Crippen LogP contribution in [0.4, 0.5) is 5.69 Å². The first-order valence-electron chi connectivity index (χ1n) is 8.33. The molecule has 0 aromatic heterocycles. The van der Waals surface area contributed by atoms with Crippen LogP contribution in [0, 0.1) is 0 Å². The lowest BCUT2D eigenvalue weighted by Crippen LogP contribution is -2.30. The third-order valence-electron chi connectivity index (χ3n) is 3.84. The van der Waals surface area contributed by atoms with E-state index in [1.165, 1.54) is 0 Å². The van der Waals surface area contributed by atoms with Gasteiger partial charge in [0.15, 0.2) is 0 Å². The highest BCUT2D eigenvalue weighted by Gasteiger charge is 2.15. The van der Waals surface area contributed by atoms with Gasteiger partial charge in [-0.2, -0.15) is 0 Å². The Morgan fingerprint density at radius 2 is 1.46 bits per heavy atom. The number of benzene rings is 2. The zero-order chi connectivity index (χ0) is 19.3. The maximum Gasteiger partial charge on any atom is 0.310 e. The topological polar surface area (TPSA) is 95.5 Å². The summed E-state index contributed by atoms with van der Waals surface area (Å²) in [6.07, 6.45) is 0. The molecular formula is C20H22N2O4. The predicted molar refractivity (Wildman–Crippen MR) is 99.5 cm³/mol. The van der Waals surface area contributed by atoms with E-state index in [1.54, 1.807) is 55.5 Å². The highest BCUT2D eigenvalue weighted by atomic mass is 16.4. The number of hydrogen-bond donors (Lipinski definition) is 3. The minimum Gasteiger partial charge on any atom is -0.481 e. The number of anilines is 1. The Kier molecular flexibility index (Phi) is 6.11. The molecule has 0 aliphatic rings. The van der Waals surface area contributed by atoms with Crippen LogP contribution in [0.5, 0.6) is 0 Å². The molecule has 2 aromatic carbocycles. The molecule has 0 heterocycles. The van der Waals surface area contributed by atoms with Gasteiger partial charge >= 0.3 is 5.97 Å². The highest BCUT2D eigenvalue weighted by molar-refractivity contribution is 6.05. The lowest BCUT2D eigenvalue weighted by atomic mass is 10.0. The molecule has 0 radical (unpaired) electrons. The van der Waals surface area contributed by atoms with Gasteiger partial charge in [0.1, 0.15) is 0 Å². The molecule has 0 fully saturated rings. The van der Waals surface area contributed by atoms with Crippen LogP contribution in [-0.4, -0.2) is 28.9 Å². The fraction of sp³-hybridized carbons (Fsp3) is 0.250. The average Bonchev–Trinajstić information content (AvgIpc) is 2.60. The van der Waals surface area contributed by atoms with Crippen molar-refractivity contribution in [1.82, 2.24) is 5.32 Å². The van der Waals surface area contributed by atoms with Gasteiger partial charge in [-0.25, -0.2) is 0 Å². The molecule has 2 amide bonds. The van der Waals surface area contributed by atoms with Crippen molar-refractivity contribution in [2.24, 2.45) is 0 Å². The molecule has 0 saturated heterocycles. The van der Waals surface area contributed by atoms with Crippen molar-refractivity contribution >= 4 is 23.5 Å². The average molecular weight is 354 g/mol. The first-order chi connectivity index (χ1) is 12.3. The van der Waals surface area contributed by atoms with Gasteiger partial charge in [-0.1, -0.05) is 12.1 Å². The molecule has 0 aliphatic heterocycles. The van der Waals surface area contributed by atoms with Crippen molar-refractivity contribution in [3.63, 3.8) is 0 Å². The van der Waals surface area contributed by atoms with E-state index in [4.69, 9.17) is 5.11 Å². The first-order valence-corrected chi connectivity index (χ1v) is 8.33. The second kappa shape index (κ2) is 8.29. The van der Waals surface area contributed by atoms with E-state index in [9.17, 15) is 14.4 Å². The number of aliphatic carboxylic acids is 1. The zero-order valence-corrected chi connectivity index (χ0v) is 14.9. The summed E-state index contributed by atoms with van der Waals surface area (Å²) < 4.78 is 0. The van der Waals surface area contributed by atoms with Gasteiger partial charge in [0.25, 0.3) is 11.8 Å². The van der Waals surface area contributed by atoms with Crippen molar-refractivity contribution in [3.8, 4) is 0 Å². The van der Waals surface area contributed by atoms with Gasteiger partial charge in [0.05, 0.1) is 5.92 Å². The zero-order valence-electron chi connectivity index (χ0n) is 14.9. The summed E-state index contributed by atoms with van der Waals surface area (Å²) in [5, 5.41) is 14.6. The molecule has 0 aliphatic carbocycles. The molecule has 1 unspecified atom stereocenters. The van der Waals surface area contributed by atoms with Crippen molar-refractivity contribution < 1.29 is 19.5 Å². The maximum atomic E-state index is 12.4. The molecule has 26 heavy (non-hydrogen) atoms. The van der Waals surface area contributed by atoms with Crippen LogP contribution in [0.15, 0.2) is 48.5 Å². The van der Waals surface area contributed by atoms with Crippen molar-refractivity contribution in [3.05, 3.63) is 65.2 Å². The smallest absolute Gasteiger partial charge is 0.310 e. The molecule has 0 saturated carbocycles. The fourth-order valence-electron chi connectivity index (χ4n) is 2.35. The molecule has 1 atom stereocenters. The molecular weight excluding hydrogens is 332 g/mol. The Balaban J connectivity index is 2.09. The fourth-order valence-corrected chi connectivity index (χ4v) is 2.35. The van der Waals surface area contributed by atoms with E-state index < -0.39 is 11.9 Å². The summed E-state index contributed by atoms with van der Waals surface area (Å²) >= 11 is 0. The third-order valence-corrected chi connectivity index (χ3v) is 3.84. The number of carboxylic acids is 1. The Morgan fingerprint density at radius 1 is 0.885 bits per heavy atom. The van der Waals surface area contributed by atoms with Crippen LogP contribution in [0.1, 0.15) is 53.0 Å². The molecule has 6 nitrogen and oxygen atoms in total. The van der Waals surface area contributed by atoms with Gasteiger partial charge in [0, 0.05) is 22.9 Å². The molecule has 2 aromatic rings. The number of amides is 2. The number of rotatable bonds is 6. The van der Waals surface area contributed by atoms with Crippen molar-refractivity contribution in [2.75, 3.05) is 5.32 Å². The van der Waals surface area contributed by atoms with Gasteiger partial charge in [-0.3, -0.25) is 14.4 Å². The summed E-state index contributed by atoms with van der Waals surface area (Å²) in [6, 6.07) is 13.1. The summed E-state index contributed by atoms with van der Waals surface area (Å²) in [7, 11) is 0. The van der Waals surface area contributed by atoms with Gasteiger partial charge < -0.3 is 15.7 Å². The van der Waals surface area contributed by atoms with Gasteiger partial charge in [0.2, 0.25) is 0 Å². The third kappa shape index (κ3) is 4.92. The number of carboxylic acid groups (broad SMARTS) is 1. The van der Waals surface area contributed by atoms with Crippen LogP contribution in [0.3, 0.4) is 0 Å². The summed E-state index contributed by atoms with van der Waals surface area (Å²) in [6.45, 7) is 5.34. The second-order valence-corrected chi connectivity index (χ2v) is 6.35. The second-order valence-electron chi connectivity index (χ2n) is 6.35. The molecule has 0 bridgehead atoms. The summed E-state index contributed by atoms with van der Waals surface area (Å²) in [5.74, 6) is -2.11. The highest BCUT2D eigenvalue weighted by Crippen LogP contribution is 2.20. The van der Waals surface area contributed by atoms with E-state index in [-0.39, 0.29) is 17.9 Å². The van der Waals surface area contributed by atoms with Crippen LogP contribution in [0.2, 0.25) is 0 Å². The van der Waals surface area contributed by atoms with Crippen LogP contribution < -0.4 is 10.6 Å². The van der Waals surface area contributed by atoms with Crippen molar-refractivity contribution in [2.45, 2.75) is 32.7 Å². The van der Waals surface area contributed by atoms with E-state index in [0.717, 1.165) is 0 Å². The van der Waals surface area contributed by atoms with Crippen LogP contribution in [-0.2, 0) is 4.79 Å². The minimum atomic E-state index is -0.927. The van der Waals surface area contributed by atoms with E-state index in [2.05, 4.69) is 10.6 Å². The number of hydrogen-bond acceptors (Lipinski definition) is 3. The largest absolute Gasteiger partial charge is 0.481 e. The molecule has 6 heteroatoms. The van der Waals surface area contributed by atoms with E-state index >= 15 is 0 Å². The lowest BCUT2D eigenvalue weighted by Gasteiger charge is -2.11. The Morgan fingerprint density at radius 3 is 2.00 bits per heavy atom. The number of nitrogens with one attached hydrogen (secondary N) is 2. The predicted octanol–water partition coefficient (Wildman–Crippen LogP) is 3.27. The SMILES string of the molecule is CC(C)NC(=O)c1ccc(C(=O)Nc2cccc(C(C)C(=O)O)c2)cc1. The summed E-state index contributed by atoms with van der Waals surface area (Å²) in [5.41, 5.74) is 2.01. The summed E-state index contributed by atoms with van der Waals surface area (Å²) in [4.78, 5) is 35.4. The maximum absolute atomic E-state index is 12.4. The molecule has 3 N–H and O–H groups in total. The van der Waals surface area contributed by atoms with Gasteiger partial charge in [-0.15, -0.1) is 0 Å². The van der Waals surface area contributed by atoms with Crippen LogP contribution in [0.25, 0.3) is 0 Å². The lowest BCUT2D eigenvalue weighted by molar-refractivity contribution is -0.138. The monoisotopic (exact) mass is 354 g/mol. The molecule has 0 spiro atoms. The van der Waals surface area contributed by atoms with E-state index in [0.29, 0.717) is 22.4 Å². The Bertz CT molecular complexity index is 813. The Labute approximate surface area is 152 Å². The minimum absolute atomic E-state index is 0.0333. The quantitative estimate of drug-likeness (QED) is 0.742. The Hall–Kier alpha value is -3.15. The van der Waals surface area contributed by atoms with Gasteiger partial charge in [-0.05, 0) is 62.7 Å². The normalized spacial score (nSPS) is 11.7. The standard InChI is InChI=1S/C20H22N2O4/c1-12(2)21-18(23)14-7-9-15(10-8-14)19(24)22-17-6-4-5-16(11-17)13(3)20(25)26/h4-13H,1-3H3,(H,21,23)(H,22,24)(H,25,26). The molecule has 2 rings (SSSR count). The number of carbonyl (C=O) groups is 3. The van der Waals surface area contributed by atoms with E-state index in [1.807, 2.05) is 13.8 Å². The van der Waals surface area contributed by atoms with Crippen molar-refractivity contribution in [1.29, 1.82) is 0 Å². The molecule has 136 valence electrons. The first kappa shape index (κ1) is 19.2.